The molecule has 1 fully saturated rings. The van der Waals surface area contributed by atoms with Crippen LogP contribution in [-0.4, -0.2) is 70.2 Å². The minimum absolute atomic E-state index is 0.147. The first-order valence-corrected chi connectivity index (χ1v) is 11.8. The number of sulfonamides is 1. The Morgan fingerprint density at radius 3 is 2.62 bits per heavy atom. The lowest BCUT2D eigenvalue weighted by molar-refractivity contribution is -0.117. The SMILES string of the molecule is Cc1ccc(NC(=O)CN(C)Cc2ccc3c(c2)OCO3)cc1S(=O)(=O)N1CCOCC1. The number of ether oxygens (including phenoxy) is 3. The van der Waals surface area contributed by atoms with Gasteiger partial charge in [0.1, 0.15) is 0 Å². The zero-order chi connectivity index (χ0) is 22.7. The Balaban J connectivity index is 1.39. The smallest absolute Gasteiger partial charge is 0.243 e. The summed E-state index contributed by atoms with van der Waals surface area (Å²) in [5.74, 6) is 1.19. The van der Waals surface area contributed by atoms with Gasteiger partial charge in [-0.1, -0.05) is 12.1 Å². The van der Waals surface area contributed by atoms with Gasteiger partial charge in [0.25, 0.3) is 0 Å². The van der Waals surface area contributed by atoms with Crippen molar-refractivity contribution in [3.8, 4) is 11.5 Å². The molecule has 2 heterocycles. The standard InChI is InChI=1S/C22H27N3O6S/c1-16-3-5-18(12-21(16)32(27,28)25-7-9-29-10-8-25)23-22(26)14-24(2)13-17-4-6-19-20(11-17)31-15-30-19/h3-6,11-12H,7-10,13-15H2,1-2H3,(H,23,26). The average molecular weight is 462 g/mol. The first-order chi connectivity index (χ1) is 15.3. The van der Waals surface area contributed by atoms with E-state index in [0.29, 0.717) is 49.8 Å². The number of amides is 1. The van der Waals surface area contributed by atoms with Gasteiger partial charge in [-0.2, -0.15) is 4.31 Å². The molecule has 2 aromatic rings. The normalized spacial score (nSPS) is 16.3. The highest BCUT2D eigenvalue weighted by atomic mass is 32.2. The number of likely N-dealkylation sites (N-methyl/N-ethyl adjacent to an activating group) is 1. The van der Waals surface area contributed by atoms with Crippen LogP contribution in [0, 0.1) is 6.92 Å². The average Bonchev–Trinajstić information content (AvgIpc) is 3.23. The number of nitrogens with one attached hydrogen (secondary N) is 1. The molecule has 1 N–H and O–H groups in total. The lowest BCUT2D eigenvalue weighted by Gasteiger charge is -2.27. The molecule has 1 amide bonds. The maximum absolute atomic E-state index is 13.0. The van der Waals surface area contributed by atoms with Crippen LogP contribution in [0.25, 0.3) is 0 Å². The van der Waals surface area contributed by atoms with Crippen LogP contribution in [0.4, 0.5) is 5.69 Å². The Hall–Kier alpha value is -2.66. The van der Waals surface area contributed by atoms with E-state index in [9.17, 15) is 13.2 Å². The van der Waals surface area contributed by atoms with Gasteiger partial charge >= 0.3 is 0 Å². The number of fused-ring (bicyclic) bond motifs is 1. The highest BCUT2D eigenvalue weighted by molar-refractivity contribution is 7.89. The van der Waals surface area contributed by atoms with Crippen molar-refractivity contribution in [1.29, 1.82) is 0 Å². The van der Waals surface area contributed by atoms with E-state index >= 15 is 0 Å². The summed E-state index contributed by atoms with van der Waals surface area (Å²) in [7, 11) is -1.81. The van der Waals surface area contributed by atoms with Crippen molar-refractivity contribution in [2.75, 3.05) is 52.0 Å². The molecule has 1 saturated heterocycles. The molecule has 0 aliphatic carbocycles. The fourth-order valence-electron chi connectivity index (χ4n) is 3.73. The quantitative estimate of drug-likeness (QED) is 0.672. The third kappa shape index (κ3) is 5.04. The second-order valence-corrected chi connectivity index (χ2v) is 9.81. The van der Waals surface area contributed by atoms with E-state index in [0.717, 1.165) is 11.3 Å². The highest BCUT2D eigenvalue weighted by Crippen LogP contribution is 2.32. The summed E-state index contributed by atoms with van der Waals surface area (Å²) >= 11 is 0. The van der Waals surface area contributed by atoms with Gasteiger partial charge in [-0.25, -0.2) is 8.42 Å². The van der Waals surface area contributed by atoms with Gasteiger partial charge in [0.05, 0.1) is 24.7 Å². The number of anilines is 1. The Bertz CT molecular complexity index is 1100. The van der Waals surface area contributed by atoms with E-state index in [2.05, 4.69) is 5.32 Å². The summed E-state index contributed by atoms with van der Waals surface area (Å²) in [6.45, 7) is 4.07. The largest absolute Gasteiger partial charge is 0.454 e. The summed E-state index contributed by atoms with van der Waals surface area (Å²) in [6.07, 6.45) is 0. The van der Waals surface area contributed by atoms with Crippen molar-refractivity contribution >= 4 is 21.6 Å². The van der Waals surface area contributed by atoms with E-state index in [4.69, 9.17) is 14.2 Å². The maximum atomic E-state index is 13.0. The lowest BCUT2D eigenvalue weighted by atomic mass is 10.2. The minimum Gasteiger partial charge on any atom is -0.454 e. The number of hydrogen-bond acceptors (Lipinski definition) is 7. The van der Waals surface area contributed by atoms with Gasteiger partial charge in [0, 0.05) is 25.3 Å². The van der Waals surface area contributed by atoms with Crippen molar-refractivity contribution in [3.05, 3.63) is 47.5 Å². The van der Waals surface area contributed by atoms with Gasteiger partial charge < -0.3 is 19.5 Å². The van der Waals surface area contributed by atoms with E-state index in [1.807, 2.05) is 30.1 Å². The predicted molar refractivity (Wildman–Crippen MR) is 118 cm³/mol. The molecule has 2 aliphatic heterocycles. The van der Waals surface area contributed by atoms with Crippen LogP contribution in [0.3, 0.4) is 0 Å². The van der Waals surface area contributed by atoms with Crippen molar-refractivity contribution in [1.82, 2.24) is 9.21 Å². The van der Waals surface area contributed by atoms with Gasteiger partial charge in [-0.15, -0.1) is 0 Å². The number of nitrogens with zero attached hydrogens (tertiary/aromatic N) is 2. The Morgan fingerprint density at radius 1 is 1.09 bits per heavy atom. The number of benzene rings is 2. The van der Waals surface area contributed by atoms with E-state index < -0.39 is 10.0 Å². The molecule has 0 spiro atoms. The van der Waals surface area contributed by atoms with Crippen LogP contribution in [-0.2, 0) is 26.1 Å². The fraction of sp³-hybridized carbons (Fsp3) is 0.409. The fourth-order valence-corrected chi connectivity index (χ4v) is 5.39. The molecule has 2 aliphatic rings. The minimum atomic E-state index is -3.65. The van der Waals surface area contributed by atoms with Crippen LogP contribution in [0.1, 0.15) is 11.1 Å². The summed E-state index contributed by atoms with van der Waals surface area (Å²) in [6, 6.07) is 10.6. The van der Waals surface area contributed by atoms with Gasteiger partial charge in [0.2, 0.25) is 22.7 Å². The third-order valence-corrected chi connectivity index (χ3v) is 7.40. The molecular weight excluding hydrogens is 434 g/mol. The lowest BCUT2D eigenvalue weighted by Crippen LogP contribution is -2.40. The molecule has 0 aromatic heterocycles. The molecule has 0 radical (unpaired) electrons. The zero-order valence-electron chi connectivity index (χ0n) is 18.2. The van der Waals surface area contributed by atoms with Crippen LogP contribution in [0.5, 0.6) is 11.5 Å². The summed E-state index contributed by atoms with van der Waals surface area (Å²) in [5, 5.41) is 2.81. The van der Waals surface area contributed by atoms with Crippen LogP contribution >= 0.6 is 0 Å². The molecule has 9 nitrogen and oxygen atoms in total. The topological polar surface area (TPSA) is 97.4 Å². The van der Waals surface area contributed by atoms with Crippen LogP contribution < -0.4 is 14.8 Å². The summed E-state index contributed by atoms with van der Waals surface area (Å²) in [5.41, 5.74) is 2.08. The summed E-state index contributed by atoms with van der Waals surface area (Å²) < 4.78 is 43.5. The molecule has 32 heavy (non-hydrogen) atoms. The first-order valence-electron chi connectivity index (χ1n) is 10.4. The maximum Gasteiger partial charge on any atom is 0.243 e. The molecule has 2 aromatic carbocycles. The number of hydrogen-bond donors (Lipinski definition) is 1. The molecule has 172 valence electrons. The molecular formula is C22H27N3O6S. The number of rotatable bonds is 7. The third-order valence-electron chi connectivity index (χ3n) is 5.36. The molecule has 0 atom stereocenters. The van der Waals surface area contributed by atoms with Gasteiger partial charge in [-0.3, -0.25) is 9.69 Å². The number of carbonyl (C=O) groups is 1. The Morgan fingerprint density at radius 2 is 1.84 bits per heavy atom. The predicted octanol–water partition coefficient (Wildman–Crippen LogP) is 1.82. The number of carbonyl (C=O) groups excluding carboxylic acids is 1. The van der Waals surface area contributed by atoms with Crippen molar-refractivity contribution in [3.63, 3.8) is 0 Å². The highest BCUT2D eigenvalue weighted by Gasteiger charge is 2.28. The molecule has 0 saturated carbocycles. The van der Waals surface area contributed by atoms with Crippen LogP contribution in [0.15, 0.2) is 41.3 Å². The van der Waals surface area contributed by atoms with Crippen molar-refractivity contribution < 1.29 is 27.4 Å². The van der Waals surface area contributed by atoms with Crippen molar-refractivity contribution in [2.45, 2.75) is 18.4 Å². The molecule has 4 rings (SSSR count). The summed E-state index contributed by atoms with van der Waals surface area (Å²) in [4.78, 5) is 14.6. The molecule has 0 unspecified atom stereocenters. The van der Waals surface area contributed by atoms with Gasteiger partial charge in [-0.05, 0) is 49.4 Å². The van der Waals surface area contributed by atoms with Crippen LogP contribution in [0.2, 0.25) is 0 Å². The Kier molecular flexibility index (Phi) is 6.66. The Labute approximate surface area is 187 Å². The van der Waals surface area contributed by atoms with Gasteiger partial charge in [0.15, 0.2) is 11.5 Å². The second kappa shape index (κ2) is 9.45. The van der Waals surface area contributed by atoms with E-state index in [-0.39, 0.29) is 24.1 Å². The number of aryl methyl sites for hydroxylation is 1. The van der Waals surface area contributed by atoms with E-state index in [1.54, 1.807) is 19.1 Å². The zero-order valence-corrected chi connectivity index (χ0v) is 19.0. The second-order valence-electron chi connectivity index (χ2n) is 7.90. The van der Waals surface area contributed by atoms with E-state index in [1.165, 1.54) is 10.4 Å². The first kappa shape index (κ1) is 22.5. The molecule has 0 bridgehead atoms. The van der Waals surface area contributed by atoms with Crippen molar-refractivity contribution in [2.24, 2.45) is 0 Å². The number of morpholine rings is 1. The monoisotopic (exact) mass is 461 g/mol. The molecule has 10 heteroatoms.